The van der Waals surface area contributed by atoms with E-state index in [0.29, 0.717) is 11.3 Å². The number of aliphatic hydroxyl groups excluding tert-OH is 1. The predicted octanol–water partition coefficient (Wildman–Crippen LogP) is 2.22. The summed E-state index contributed by atoms with van der Waals surface area (Å²) in [6.07, 6.45) is 3.33. The summed E-state index contributed by atoms with van der Waals surface area (Å²) in [5.74, 6) is 0.277. The van der Waals surface area contributed by atoms with Crippen molar-refractivity contribution in [1.82, 2.24) is 10.3 Å². The number of carbonyl (C=O) groups excluding carboxylic acids is 1. The molecule has 0 aliphatic rings. The fourth-order valence-corrected chi connectivity index (χ4v) is 2.13. The van der Waals surface area contributed by atoms with Gasteiger partial charge in [0.1, 0.15) is 11.8 Å². The number of fused-ring (bicyclic) bond motifs is 1. The third-order valence-corrected chi connectivity index (χ3v) is 3.19. The van der Waals surface area contributed by atoms with E-state index in [4.69, 9.17) is 4.42 Å². The van der Waals surface area contributed by atoms with E-state index in [2.05, 4.69) is 10.3 Å². The topological polar surface area (TPSA) is 78.3 Å². The number of hydrogen-bond acceptors (Lipinski definition) is 3. The normalized spacial score (nSPS) is 12.4. The van der Waals surface area contributed by atoms with Crippen molar-refractivity contribution in [3.8, 4) is 0 Å². The molecule has 0 spiro atoms. The maximum atomic E-state index is 12.2. The molecule has 3 rings (SSSR count). The van der Waals surface area contributed by atoms with E-state index in [9.17, 15) is 9.90 Å². The van der Waals surface area contributed by atoms with Gasteiger partial charge in [0, 0.05) is 17.3 Å². The van der Waals surface area contributed by atoms with Crippen LogP contribution in [0, 0.1) is 0 Å². The number of furan rings is 1. The molecular formula is C15H14N2O3. The number of carbonyl (C=O) groups is 1. The fraction of sp³-hybridized carbons (Fsp3) is 0.133. The number of aromatic amines is 1. The molecule has 3 N–H and O–H groups in total. The van der Waals surface area contributed by atoms with Crippen LogP contribution in [0.15, 0.2) is 53.3 Å². The first-order valence-corrected chi connectivity index (χ1v) is 6.30. The van der Waals surface area contributed by atoms with Gasteiger partial charge in [0.25, 0.3) is 5.91 Å². The van der Waals surface area contributed by atoms with Gasteiger partial charge in [0.15, 0.2) is 0 Å². The second-order valence-corrected chi connectivity index (χ2v) is 4.50. The number of aliphatic hydroxyl groups is 1. The lowest BCUT2D eigenvalue weighted by Crippen LogP contribution is -2.30. The van der Waals surface area contributed by atoms with Gasteiger partial charge < -0.3 is 19.8 Å². The number of aromatic nitrogens is 1. The van der Waals surface area contributed by atoms with E-state index < -0.39 is 6.04 Å². The van der Waals surface area contributed by atoms with Gasteiger partial charge in [0.05, 0.1) is 12.9 Å². The summed E-state index contributed by atoms with van der Waals surface area (Å²) in [6.45, 7) is -0.218. The Labute approximate surface area is 115 Å². The summed E-state index contributed by atoms with van der Waals surface area (Å²) in [5, 5.41) is 13.1. The first kappa shape index (κ1) is 12.5. The summed E-state index contributed by atoms with van der Waals surface area (Å²) in [5.41, 5.74) is 1.43. The van der Waals surface area contributed by atoms with Crippen LogP contribution in [0.5, 0.6) is 0 Å². The summed E-state index contributed by atoms with van der Waals surface area (Å²) < 4.78 is 5.20. The SMILES string of the molecule is O=C(NC(CO)c1ccco1)c1ccc2cc[nH]c2c1. The van der Waals surface area contributed by atoms with Gasteiger partial charge in [-0.3, -0.25) is 4.79 Å². The summed E-state index contributed by atoms with van der Waals surface area (Å²) in [7, 11) is 0. The molecule has 5 nitrogen and oxygen atoms in total. The number of nitrogens with one attached hydrogen (secondary N) is 2. The van der Waals surface area contributed by atoms with Gasteiger partial charge in [-0.15, -0.1) is 0 Å². The summed E-state index contributed by atoms with van der Waals surface area (Å²) in [6, 6.07) is 10.2. The van der Waals surface area contributed by atoms with Crippen molar-refractivity contribution in [3.05, 3.63) is 60.2 Å². The number of amides is 1. The van der Waals surface area contributed by atoms with E-state index in [0.717, 1.165) is 10.9 Å². The molecule has 102 valence electrons. The molecule has 0 radical (unpaired) electrons. The Morgan fingerprint density at radius 1 is 1.35 bits per heavy atom. The summed E-state index contributed by atoms with van der Waals surface area (Å²) >= 11 is 0. The second-order valence-electron chi connectivity index (χ2n) is 4.50. The maximum Gasteiger partial charge on any atom is 0.252 e. The molecule has 20 heavy (non-hydrogen) atoms. The molecule has 0 fully saturated rings. The average molecular weight is 270 g/mol. The highest BCUT2D eigenvalue weighted by Crippen LogP contribution is 2.16. The minimum absolute atomic E-state index is 0.218. The summed E-state index contributed by atoms with van der Waals surface area (Å²) in [4.78, 5) is 15.3. The molecule has 1 amide bonds. The highest BCUT2D eigenvalue weighted by Gasteiger charge is 2.17. The lowest BCUT2D eigenvalue weighted by Gasteiger charge is -2.13. The van der Waals surface area contributed by atoms with E-state index in [1.54, 1.807) is 24.3 Å². The molecule has 0 saturated heterocycles. The van der Waals surface area contributed by atoms with Crippen LogP contribution in [0.1, 0.15) is 22.2 Å². The number of benzene rings is 1. The van der Waals surface area contributed by atoms with Gasteiger partial charge in [-0.05, 0) is 35.7 Å². The fourth-order valence-electron chi connectivity index (χ4n) is 2.13. The zero-order valence-corrected chi connectivity index (χ0v) is 10.7. The van der Waals surface area contributed by atoms with Crippen molar-refractivity contribution < 1.29 is 14.3 Å². The standard InChI is InChI=1S/C15H14N2O3/c18-9-13(14-2-1-7-20-14)17-15(19)11-4-3-10-5-6-16-12(10)8-11/h1-8,13,16,18H,9H2,(H,17,19). The molecule has 0 bridgehead atoms. The minimum atomic E-state index is -0.545. The van der Waals surface area contributed by atoms with Gasteiger partial charge in [0.2, 0.25) is 0 Å². The Morgan fingerprint density at radius 2 is 2.25 bits per heavy atom. The minimum Gasteiger partial charge on any atom is -0.467 e. The Balaban J connectivity index is 1.81. The average Bonchev–Trinajstić information content (AvgIpc) is 3.14. The van der Waals surface area contributed by atoms with Crippen molar-refractivity contribution in [1.29, 1.82) is 0 Å². The van der Waals surface area contributed by atoms with Gasteiger partial charge >= 0.3 is 0 Å². The van der Waals surface area contributed by atoms with Crippen LogP contribution in [0.3, 0.4) is 0 Å². The lowest BCUT2D eigenvalue weighted by molar-refractivity contribution is 0.0907. The quantitative estimate of drug-likeness (QED) is 0.680. The van der Waals surface area contributed by atoms with E-state index in [1.165, 1.54) is 6.26 Å². The van der Waals surface area contributed by atoms with Crippen LogP contribution in [0.4, 0.5) is 0 Å². The molecule has 5 heteroatoms. The zero-order valence-electron chi connectivity index (χ0n) is 10.7. The first-order valence-electron chi connectivity index (χ1n) is 6.30. The zero-order chi connectivity index (χ0) is 13.9. The molecule has 1 unspecified atom stereocenters. The highest BCUT2D eigenvalue weighted by molar-refractivity contribution is 5.98. The highest BCUT2D eigenvalue weighted by atomic mass is 16.3. The number of hydrogen-bond donors (Lipinski definition) is 3. The van der Waals surface area contributed by atoms with Crippen LogP contribution in [0.25, 0.3) is 10.9 Å². The second kappa shape index (κ2) is 5.22. The van der Waals surface area contributed by atoms with Crippen molar-refractivity contribution in [3.63, 3.8) is 0 Å². The van der Waals surface area contributed by atoms with Crippen LogP contribution in [-0.2, 0) is 0 Å². The Bertz CT molecular complexity index is 716. The van der Waals surface area contributed by atoms with Crippen molar-refractivity contribution in [2.75, 3.05) is 6.61 Å². The molecule has 3 aromatic rings. The van der Waals surface area contributed by atoms with Gasteiger partial charge in [-0.1, -0.05) is 6.07 Å². The van der Waals surface area contributed by atoms with E-state index in [1.807, 2.05) is 18.3 Å². The molecule has 1 aromatic carbocycles. The van der Waals surface area contributed by atoms with Crippen LogP contribution in [0.2, 0.25) is 0 Å². The Kier molecular flexibility index (Phi) is 3.26. The van der Waals surface area contributed by atoms with E-state index in [-0.39, 0.29) is 12.5 Å². The Hall–Kier alpha value is -2.53. The smallest absolute Gasteiger partial charge is 0.252 e. The maximum absolute atomic E-state index is 12.2. The molecular weight excluding hydrogens is 256 g/mol. The van der Waals surface area contributed by atoms with Crippen molar-refractivity contribution in [2.24, 2.45) is 0 Å². The van der Waals surface area contributed by atoms with Crippen LogP contribution in [-0.4, -0.2) is 22.6 Å². The largest absolute Gasteiger partial charge is 0.467 e. The predicted molar refractivity (Wildman–Crippen MR) is 74.3 cm³/mol. The van der Waals surface area contributed by atoms with Gasteiger partial charge in [-0.2, -0.15) is 0 Å². The molecule has 2 aromatic heterocycles. The van der Waals surface area contributed by atoms with Crippen molar-refractivity contribution in [2.45, 2.75) is 6.04 Å². The third-order valence-electron chi connectivity index (χ3n) is 3.19. The van der Waals surface area contributed by atoms with Crippen LogP contribution >= 0.6 is 0 Å². The lowest BCUT2D eigenvalue weighted by atomic mass is 10.1. The first-order chi connectivity index (χ1) is 9.78. The monoisotopic (exact) mass is 270 g/mol. The number of H-pyrrole nitrogens is 1. The molecule has 2 heterocycles. The van der Waals surface area contributed by atoms with Crippen LogP contribution < -0.4 is 5.32 Å². The molecule has 0 saturated carbocycles. The third kappa shape index (κ3) is 2.31. The Morgan fingerprint density at radius 3 is 3.00 bits per heavy atom. The molecule has 1 atom stereocenters. The number of rotatable bonds is 4. The van der Waals surface area contributed by atoms with E-state index >= 15 is 0 Å². The van der Waals surface area contributed by atoms with Gasteiger partial charge in [-0.25, -0.2) is 0 Å². The molecule has 0 aliphatic carbocycles. The molecule has 0 aliphatic heterocycles. The van der Waals surface area contributed by atoms with Crippen molar-refractivity contribution >= 4 is 16.8 Å².